The van der Waals surface area contributed by atoms with Crippen molar-refractivity contribution >= 4 is 16.9 Å². The summed E-state index contributed by atoms with van der Waals surface area (Å²) < 4.78 is 34.7. The largest absolute Gasteiger partial charge is 0.496 e. The average molecular weight is 359 g/mol. The minimum absolute atomic E-state index is 0.0714. The summed E-state index contributed by atoms with van der Waals surface area (Å²) in [5.74, 6) is -0.652. The third-order valence-electron chi connectivity index (χ3n) is 4.51. The number of halogens is 2. The maximum absolute atomic E-state index is 13.7. The molecule has 136 valence electrons. The van der Waals surface area contributed by atoms with Crippen LogP contribution in [0.5, 0.6) is 5.75 Å². The number of hydrogen-bond donors (Lipinski definition) is 1. The van der Waals surface area contributed by atoms with Gasteiger partial charge in [0.05, 0.1) is 18.1 Å². The monoisotopic (exact) mass is 359 g/mol. The first kappa shape index (κ1) is 17.8. The molecule has 0 unspecified atom stereocenters. The number of carbonyl (C=O) groups is 1. The van der Waals surface area contributed by atoms with Crippen molar-refractivity contribution in [1.29, 1.82) is 0 Å². The molecular weight excluding hydrogens is 340 g/mol. The Kier molecular flexibility index (Phi) is 4.63. The smallest absolute Gasteiger partial charge is 0.251 e. The molecule has 0 saturated carbocycles. The highest BCUT2D eigenvalue weighted by Gasteiger charge is 2.17. The van der Waals surface area contributed by atoms with Crippen molar-refractivity contribution in [3.05, 3.63) is 58.4 Å². The maximum atomic E-state index is 13.7. The zero-order chi connectivity index (χ0) is 19.0. The quantitative estimate of drug-likeness (QED) is 0.777. The first-order valence-corrected chi connectivity index (χ1v) is 8.06. The minimum Gasteiger partial charge on any atom is -0.496 e. The molecule has 0 radical (unpaired) electrons. The zero-order valence-corrected chi connectivity index (χ0v) is 15.0. The van der Waals surface area contributed by atoms with Crippen molar-refractivity contribution in [2.75, 3.05) is 7.11 Å². The third kappa shape index (κ3) is 3.00. The summed E-state index contributed by atoms with van der Waals surface area (Å²) >= 11 is 0. The lowest BCUT2D eigenvalue weighted by molar-refractivity contribution is 0.0950. The molecule has 1 N–H and O–H groups in total. The fraction of sp³-hybridized carbons (Fsp3) is 0.263. The van der Waals surface area contributed by atoms with Gasteiger partial charge in [-0.05, 0) is 38.1 Å². The van der Waals surface area contributed by atoms with Crippen LogP contribution in [-0.4, -0.2) is 22.6 Å². The highest BCUT2D eigenvalue weighted by atomic mass is 19.1. The lowest BCUT2D eigenvalue weighted by Gasteiger charge is -2.13. The van der Waals surface area contributed by atoms with E-state index < -0.39 is 17.5 Å². The lowest BCUT2D eigenvalue weighted by atomic mass is 10.1. The number of benzene rings is 2. The molecule has 0 atom stereocenters. The van der Waals surface area contributed by atoms with Crippen LogP contribution in [0.1, 0.15) is 27.3 Å². The van der Waals surface area contributed by atoms with Crippen molar-refractivity contribution in [2.45, 2.75) is 20.4 Å². The van der Waals surface area contributed by atoms with Crippen LogP contribution in [0.25, 0.3) is 11.0 Å². The Morgan fingerprint density at radius 1 is 1.23 bits per heavy atom. The van der Waals surface area contributed by atoms with E-state index >= 15 is 0 Å². The van der Waals surface area contributed by atoms with Crippen LogP contribution in [0, 0.1) is 25.5 Å². The molecule has 0 saturated heterocycles. The molecule has 1 amide bonds. The number of amides is 1. The number of nitrogens with zero attached hydrogens (tertiary/aromatic N) is 2. The number of ether oxygens (including phenoxy) is 1. The van der Waals surface area contributed by atoms with Gasteiger partial charge in [0.25, 0.3) is 5.91 Å². The van der Waals surface area contributed by atoms with Crippen LogP contribution in [0.2, 0.25) is 0 Å². The molecule has 2 aromatic carbocycles. The van der Waals surface area contributed by atoms with Gasteiger partial charge in [-0.3, -0.25) is 4.79 Å². The molecule has 1 heterocycles. The summed E-state index contributed by atoms with van der Waals surface area (Å²) in [4.78, 5) is 16.8. The van der Waals surface area contributed by atoms with Gasteiger partial charge in [-0.25, -0.2) is 13.8 Å². The standard InChI is InChI=1S/C19H19F2N3O2/c1-10-14(20)7-12(8-15(10)21)19(25)22-9-13-17(26-4)6-5-16-18(13)24(3)11(2)23-16/h5-8H,9H2,1-4H3,(H,22,25). The molecular formula is C19H19F2N3O2. The maximum Gasteiger partial charge on any atom is 0.251 e. The number of methoxy groups -OCH3 is 1. The SMILES string of the molecule is COc1ccc2nc(C)n(C)c2c1CNC(=O)c1cc(F)c(C)c(F)c1. The van der Waals surface area contributed by atoms with Crippen molar-refractivity contribution < 1.29 is 18.3 Å². The fourth-order valence-electron chi connectivity index (χ4n) is 2.89. The number of nitrogens with one attached hydrogen (secondary N) is 1. The molecule has 0 aliphatic carbocycles. The van der Waals surface area contributed by atoms with E-state index in [0.29, 0.717) is 5.75 Å². The molecule has 0 aliphatic rings. The molecule has 7 heteroatoms. The van der Waals surface area contributed by atoms with Crippen molar-refractivity contribution in [3.8, 4) is 5.75 Å². The molecule has 3 rings (SSSR count). The first-order chi connectivity index (χ1) is 12.3. The second-order valence-electron chi connectivity index (χ2n) is 6.08. The highest BCUT2D eigenvalue weighted by molar-refractivity contribution is 5.94. The summed E-state index contributed by atoms with van der Waals surface area (Å²) in [6.07, 6.45) is 0. The molecule has 3 aromatic rings. The predicted molar refractivity (Wildman–Crippen MR) is 94.3 cm³/mol. The predicted octanol–water partition coefficient (Wildman–Crippen LogP) is 3.41. The summed E-state index contributed by atoms with van der Waals surface area (Å²) in [6.45, 7) is 3.34. The number of fused-ring (bicyclic) bond motifs is 1. The molecule has 0 aliphatic heterocycles. The van der Waals surface area contributed by atoms with Crippen LogP contribution >= 0.6 is 0 Å². The number of hydrogen-bond acceptors (Lipinski definition) is 3. The minimum atomic E-state index is -0.753. The molecule has 0 bridgehead atoms. The van der Waals surface area contributed by atoms with Gasteiger partial charge in [0.15, 0.2) is 0 Å². The van der Waals surface area contributed by atoms with Crippen LogP contribution < -0.4 is 10.1 Å². The van der Waals surface area contributed by atoms with Gasteiger partial charge in [0.2, 0.25) is 0 Å². The topological polar surface area (TPSA) is 56.1 Å². The Balaban J connectivity index is 1.93. The van der Waals surface area contributed by atoms with Gasteiger partial charge in [-0.15, -0.1) is 0 Å². The zero-order valence-electron chi connectivity index (χ0n) is 15.0. The molecule has 5 nitrogen and oxygen atoms in total. The second kappa shape index (κ2) is 6.74. The van der Waals surface area contributed by atoms with E-state index in [9.17, 15) is 13.6 Å². The number of carbonyl (C=O) groups excluding carboxylic acids is 1. The summed E-state index contributed by atoms with van der Waals surface area (Å²) in [6, 6.07) is 5.68. The van der Waals surface area contributed by atoms with E-state index in [2.05, 4.69) is 10.3 Å². The summed E-state index contributed by atoms with van der Waals surface area (Å²) in [5, 5.41) is 2.70. The van der Waals surface area contributed by atoms with Gasteiger partial charge in [0, 0.05) is 30.3 Å². The van der Waals surface area contributed by atoms with E-state index in [1.807, 2.05) is 24.6 Å². The average Bonchev–Trinajstić information content (AvgIpc) is 2.91. The van der Waals surface area contributed by atoms with Crippen LogP contribution in [0.4, 0.5) is 8.78 Å². The Morgan fingerprint density at radius 3 is 2.50 bits per heavy atom. The van der Waals surface area contributed by atoms with E-state index in [4.69, 9.17) is 4.74 Å². The Bertz CT molecular complexity index is 989. The van der Waals surface area contributed by atoms with Crippen LogP contribution in [0.15, 0.2) is 24.3 Å². The van der Waals surface area contributed by atoms with Gasteiger partial charge in [-0.1, -0.05) is 0 Å². The normalized spacial score (nSPS) is 11.0. The summed E-state index contributed by atoms with van der Waals surface area (Å²) in [7, 11) is 3.42. The van der Waals surface area contributed by atoms with E-state index in [1.54, 1.807) is 13.2 Å². The highest BCUT2D eigenvalue weighted by Crippen LogP contribution is 2.28. The van der Waals surface area contributed by atoms with E-state index in [1.165, 1.54) is 6.92 Å². The Hall–Kier alpha value is -2.96. The number of aromatic nitrogens is 2. The number of rotatable bonds is 4. The van der Waals surface area contributed by atoms with Crippen LogP contribution in [-0.2, 0) is 13.6 Å². The van der Waals surface area contributed by atoms with Gasteiger partial charge in [0.1, 0.15) is 23.2 Å². The second-order valence-corrected chi connectivity index (χ2v) is 6.08. The Labute approximate surface area is 149 Å². The fourth-order valence-corrected chi connectivity index (χ4v) is 2.89. The number of imidazole rings is 1. The Morgan fingerprint density at radius 2 is 1.88 bits per heavy atom. The molecule has 26 heavy (non-hydrogen) atoms. The number of aryl methyl sites for hydroxylation is 2. The van der Waals surface area contributed by atoms with Crippen molar-refractivity contribution in [3.63, 3.8) is 0 Å². The molecule has 0 spiro atoms. The molecule has 1 aromatic heterocycles. The first-order valence-electron chi connectivity index (χ1n) is 8.06. The van der Waals surface area contributed by atoms with Crippen molar-refractivity contribution in [2.24, 2.45) is 7.05 Å². The van der Waals surface area contributed by atoms with Crippen molar-refractivity contribution in [1.82, 2.24) is 14.9 Å². The van der Waals surface area contributed by atoms with E-state index in [0.717, 1.165) is 34.6 Å². The van der Waals surface area contributed by atoms with E-state index in [-0.39, 0.29) is 17.7 Å². The lowest BCUT2D eigenvalue weighted by Crippen LogP contribution is -2.24. The van der Waals surface area contributed by atoms with Gasteiger partial charge < -0.3 is 14.6 Å². The summed E-state index contributed by atoms with van der Waals surface area (Å²) in [5.41, 5.74) is 2.18. The van der Waals surface area contributed by atoms with Gasteiger partial charge in [-0.2, -0.15) is 0 Å². The van der Waals surface area contributed by atoms with Gasteiger partial charge >= 0.3 is 0 Å². The third-order valence-corrected chi connectivity index (χ3v) is 4.51. The molecule has 0 fully saturated rings. The van der Waals surface area contributed by atoms with Crippen LogP contribution in [0.3, 0.4) is 0 Å².